The first-order valence-corrected chi connectivity index (χ1v) is 12.1. The van der Waals surface area contributed by atoms with Gasteiger partial charge in [0.1, 0.15) is 11.5 Å². The Morgan fingerprint density at radius 3 is 2.74 bits per heavy atom. The van der Waals surface area contributed by atoms with Gasteiger partial charge in [0, 0.05) is 38.6 Å². The Kier molecular flexibility index (Phi) is 6.24. The highest BCUT2D eigenvalue weighted by Gasteiger charge is 2.39. The Hall–Kier alpha value is -3.38. The average molecular weight is 487 g/mol. The summed E-state index contributed by atoms with van der Waals surface area (Å²) >= 11 is -1.79. The van der Waals surface area contributed by atoms with Gasteiger partial charge in [-0.3, -0.25) is 9.59 Å². The lowest BCUT2D eigenvalue weighted by molar-refractivity contribution is -0.120. The van der Waals surface area contributed by atoms with Crippen molar-refractivity contribution in [1.82, 2.24) is 23.9 Å². The van der Waals surface area contributed by atoms with Gasteiger partial charge >= 0.3 is 5.91 Å². The fraction of sp³-hybridized carbons (Fsp3) is 0.364. The maximum absolute atomic E-state index is 14.7. The Bertz CT molecular complexity index is 1130. The third-order valence-corrected chi connectivity index (χ3v) is 7.05. The molecule has 178 valence electrons. The lowest BCUT2D eigenvalue weighted by Gasteiger charge is -2.35. The van der Waals surface area contributed by atoms with E-state index in [1.54, 1.807) is 29.4 Å². The van der Waals surface area contributed by atoms with Crippen LogP contribution < -0.4 is 9.62 Å². The maximum atomic E-state index is 14.7. The number of ether oxygens (including phenoxy) is 1. The molecule has 0 spiro atoms. The maximum Gasteiger partial charge on any atom is 0.331 e. The van der Waals surface area contributed by atoms with Gasteiger partial charge in [0.05, 0.1) is 18.7 Å². The molecule has 3 aliphatic rings. The molecule has 1 N–H and O–H groups in total. The fourth-order valence-electron chi connectivity index (χ4n) is 4.22. The highest BCUT2D eigenvalue weighted by molar-refractivity contribution is 7.87. The Morgan fingerprint density at radius 1 is 1.21 bits per heavy atom. The van der Waals surface area contributed by atoms with Gasteiger partial charge in [0.15, 0.2) is 11.5 Å². The molecular weight excluding hydrogens is 463 g/mol. The van der Waals surface area contributed by atoms with Crippen LogP contribution in [0.4, 0.5) is 10.3 Å². The molecule has 1 saturated heterocycles. The van der Waals surface area contributed by atoms with Crippen molar-refractivity contribution in [2.75, 3.05) is 37.7 Å². The quantitative estimate of drug-likeness (QED) is 0.640. The summed E-state index contributed by atoms with van der Waals surface area (Å²) in [6.07, 6.45) is 4.59. The Balaban J connectivity index is 1.31. The van der Waals surface area contributed by atoms with Crippen LogP contribution in [-0.2, 0) is 27.6 Å². The molecule has 4 heterocycles. The van der Waals surface area contributed by atoms with Crippen LogP contribution in [0.15, 0.2) is 48.1 Å². The zero-order chi connectivity index (χ0) is 23.7. The SMILES string of the molecule is O=C1N[S+]([O-])N(Cc2ccc(F)c(C(=O)N3CCN(c4ncccn4)CC3)c2)C2=C1OCCC2. The number of allylic oxidation sites excluding steroid dienone is 1. The van der Waals surface area contributed by atoms with Crippen molar-refractivity contribution in [1.29, 1.82) is 0 Å². The average Bonchev–Trinajstić information content (AvgIpc) is 2.88. The van der Waals surface area contributed by atoms with Crippen molar-refractivity contribution < 1.29 is 23.3 Å². The molecule has 12 heteroatoms. The van der Waals surface area contributed by atoms with Crippen LogP contribution in [0.5, 0.6) is 0 Å². The number of carbonyl (C=O) groups excluding carboxylic acids is 2. The van der Waals surface area contributed by atoms with Gasteiger partial charge in [-0.05, 0) is 36.6 Å². The molecule has 1 unspecified atom stereocenters. The van der Waals surface area contributed by atoms with Gasteiger partial charge in [-0.15, -0.1) is 4.72 Å². The molecule has 2 aromatic rings. The number of amides is 2. The zero-order valence-corrected chi connectivity index (χ0v) is 19.1. The number of hydrogen-bond acceptors (Lipinski definition) is 8. The van der Waals surface area contributed by atoms with E-state index in [9.17, 15) is 18.5 Å². The summed E-state index contributed by atoms with van der Waals surface area (Å²) in [5, 5.41) is 0. The van der Waals surface area contributed by atoms with Crippen LogP contribution in [0.1, 0.15) is 28.8 Å². The third-order valence-electron chi connectivity index (χ3n) is 5.94. The number of hydrogen-bond donors (Lipinski definition) is 1. The number of benzene rings is 1. The molecule has 34 heavy (non-hydrogen) atoms. The first kappa shape index (κ1) is 22.4. The van der Waals surface area contributed by atoms with E-state index in [2.05, 4.69) is 14.7 Å². The molecule has 3 aliphatic heterocycles. The second-order valence-electron chi connectivity index (χ2n) is 8.09. The van der Waals surface area contributed by atoms with E-state index in [1.165, 1.54) is 16.4 Å². The molecule has 2 amide bonds. The number of nitrogens with one attached hydrogen (secondary N) is 1. The Labute approximate surface area is 198 Å². The second kappa shape index (κ2) is 9.47. The molecule has 1 fully saturated rings. The second-order valence-corrected chi connectivity index (χ2v) is 9.23. The van der Waals surface area contributed by atoms with Crippen molar-refractivity contribution in [2.45, 2.75) is 19.4 Å². The molecule has 1 aromatic carbocycles. The molecule has 5 rings (SSSR count). The fourth-order valence-corrected chi connectivity index (χ4v) is 5.22. The number of rotatable bonds is 4. The van der Waals surface area contributed by atoms with Gasteiger partial charge in [-0.25, -0.2) is 14.4 Å². The zero-order valence-electron chi connectivity index (χ0n) is 18.3. The van der Waals surface area contributed by atoms with Crippen molar-refractivity contribution >= 4 is 29.3 Å². The number of nitrogens with zero attached hydrogens (tertiary/aromatic N) is 5. The minimum atomic E-state index is -1.79. The van der Waals surface area contributed by atoms with E-state index in [0.717, 1.165) is 0 Å². The van der Waals surface area contributed by atoms with Crippen LogP contribution in [0.25, 0.3) is 0 Å². The topological polar surface area (TPSA) is 114 Å². The van der Waals surface area contributed by atoms with Gasteiger partial charge in [-0.2, -0.15) is 4.31 Å². The van der Waals surface area contributed by atoms with Gasteiger partial charge in [-0.1, -0.05) is 6.07 Å². The van der Waals surface area contributed by atoms with Crippen molar-refractivity contribution in [3.63, 3.8) is 0 Å². The van der Waals surface area contributed by atoms with E-state index in [4.69, 9.17) is 4.74 Å². The van der Waals surface area contributed by atoms with Crippen molar-refractivity contribution in [2.24, 2.45) is 0 Å². The summed E-state index contributed by atoms with van der Waals surface area (Å²) in [5.41, 5.74) is 1.12. The predicted octanol–water partition coefficient (Wildman–Crippen LogP) is 1.11. The summed E-state index contributed by atoms with van der Waals surface area (Å²) < 4.78 is 36.6. The monoisotopic (exact) mass is 486 g/mol. The summed E-state index contributed by atoms with van der Waals surface area (Å²) in [6, 6.07) is 6.02. The molecule has 0 saturated carbocycles. The van der Waals surface area contributed by atoms with E-state index in [1.807, 2.05) is 4.90 Å². The van der Waals surface area contributed by atoms with Crippen LogP contribution in [0, 0.1) is 5.82 Å². The Morgan fingerprint density at radius 2 is 1.97 bits per heavy atom. The van der Waals surface area contributed by atoms with Crippen molar-refractivity contribution in [3.05, 3.63) is 65.1 Å². The number of piperazine rings is 1. The van der Waals surface area contributed by atoms with Crippen LogP contribution in [-0.4, -0.2) is 68.3 Å². The molecule has 1 atom stereocenters. The number of anilines is 1. The number of aromatic nitrogens is 2. The lowest BCUT2D eigenvalue weighted by Crippen LogP contribution is -2.50. The highest BCUT2D eigenvalue weighted by atomic mass is 32.2. The third kappa shape index (κ3) is 4.38. The van der Waals surface area contributed by atoms with E-state index >= 15 is 0 Å². The molecular formula is C22H23FN6O4S. The minimum absolute atomic E-state index is 0.0390. The summed E-state index contributed by atoms with van der Waals surface area (Å²) in [5.74, 6) is -0.743. The number of carbonyl (C=O) groups is 2. The van der Waals surface area contributed by atoms with Crippen LogP contribution >= 0.6 is 0 Å². The predicted molar refractivity (Wildman–Crippen MR) is 121 cm³/mol. The largest absolute Gasteiger partial charge is 0.568 e. The van der Waals surface area contributed by atoms with Gasteiger partial charge in [0.2, 0.25) is 11.7 Å². The standard InChI is InChI=1S/C22H23FN6O4S/c23-17-5-4-15(14-29-18-3-1-12-33-19(18)20(30)26-34(29)32)13-16(17)21(31)27-8-10-28(11-9-27)22-24-6-2-7-25-22/h2,4-7,13H,1,3,8-12,14H2,(H,26,30). The van der Waals surface area contributed by atoms with E-state index in [-0.39, 0.29) is 17.9 Å². The first-order chi connectivity index (χ1) is 16.5. The summed E-state index contributed by atoms with van der Waals surface area (Å²) in [7, 11) is 0. The highest BCUT2D eigenvalue weighted by Crippen LogP contribution is 2.30. The van der Waals surface area contributed by atoms with Crippen molar-refractivity contribution in [3.8, 4) is 0 Å². The van der Waals surface area contributed by atoms with Gasteiger partial charge in [0.25, 0.3) is 5.91 Å². The molecule has 0 radical (unpaired) electrons. The van der Waals surface area contributed by atoms with E-state index < -0.39 is 29.2 Å². The number of halogens is 1. The first-order valence-electron chi connectivity index (χ1n) is 11.0. The van der Waals surface area contributed by atoms with Crippen LogP contribution in [0.3, 0.4) is 0 Å². The lowest BCUT2D eigenvalue weighted by atomic mass is 10.1. The molecule has 0 bridgehead atoms. The summed E-state index contributed by atoms with van der Waals surface area (Å²) in [6.45, 7) is 2.47. The molecule has 1 aromatic heterocycles. The van der Waals surface area contributed by atoms with E-state index in [0.29, 0.717) is 62.8 Å². The molecule has 0 aliphatic carbocycles. The van der Waals surface area contributed by atoms with Gasteiger partial charge < -0.3 is 19.1 Å². The minimum Gasteiger partial charge on any atom is -0.568 e. The van der Waals surface area contributed by atoms with Crippen LogP contribution in [0.2, 0.25) is 0 Å². The normalized spacial score (nSPS) is 20.6. The summed E-state index contributed by atoms with van der Waals surface area (Å²) in [4.78, 5) is 37.3. The smallest absolute Gasteiger partial charge is 0.331 e. The molecule has 10 nitrogen and oxygen atoms in total.